The summed E-state index contributed by atoms with van der Waals surface area (Å²) in [6, 6.07) is 5.09. The van der Waals surface area contributed by atoms with Gasteiger partial charge in [-0.05, 0) is 44.2 Å². The van der Waals surface area contributed by atoms with Crippen molar-refractivity contribution in [1.29, 1.82) is 0 Å². The predicted molar refractivity (Wildman–Crippen MR) is 79.5 cm³/mol. The number of likely N-dealkylation sites (tertiary alicyclic amines) is 1. The Morgan fingerprint density at radius 2 is 1.95 bits per heavy atom. The summed E-state index contributed by atoms with van der Waals surface area (Å²) in [6.45, 7) is 1.49. The van der Waals surface area contributed by atoms with E-state index >= 15 is 0 Å². The van der Waals surface area contributed by atoms with Gasteiger partial charge < -0.3 is 10.2 Å². The number of benzene rings is 1. The molecule has 2 aliphatic rings. The van der Waals surface area contributed by atoms with E-state index in [2.05, 4.69) is 5.32 Å². The molecular weight excluding hydrogens is 270 g/mol. The number of nitrogens with zero attached hydrogens (tertiary/aromatic N) is 2. The molecule has 1 saturated heterocycles. The van der Waals surface area contributed by atoms with Gasteiger partial charge in [0.2, 0.25) is 0 Å². The van der Waals surface area contributed by atoms with Crippen LogP contribution in [-0.4, -0.2) is 34.9 Å². The molecule has 21 heavy (non-hydrogen) atoms. The first kappa shape index (κ1) is 13.9. The highest BCUT2D eigenvalue weighted by Crippen LogP contribution is 2.32. The molecule has 1 aromatic carbocycles. The molecule has 0 aromatic heterocycles. The summed E-state index contributed by atoms with van der Waals surface area (Å²) in [5.74, 6) is -0.101. The Hall–Kier alpha value is -2.11. The number of carbonyl (C=O) groups excluding carboxylic acids is 1. The first-order valence-corrected chi connectivity index (χ1v) is 7.49. The second-order valence-corrected chi connectivity index (χ2v) is 5.76. The third-order valence-electron chi connectivity index (χ3n) is 4.02. The Balaban J connectivity index is 1.83. The van der Waals surface area contributed by atoms with Gasteiger partial charge in [0.05, 0.1) is 4.92 Å². The van der Waals surface area contributed by atoms with E-state index in [0.29, 0.717) is 17.3 Å². The minimum absolute atomic E-state index is 0.00948. The van der Waals surface area contributed by atoms with Crippen LogP contribution in [-0.2, 0) is 0 Å². The fraction of sp³-hybridized carbons (Fsp3) is 0.533. The van der Waals surface area contributed by atoms with Gasteiger partial charge in [0.25, 0.3) is 11.6 Å². The van der Waals surface area contributed by atoms with Crippen LogP contribution in [0.1, 0.15) is 42.5 Å². The number of carbonyl (C=O) groups is 1. The molecule has 0 bridgehead atoms. The summed E-state index contributed by atoms with van der Waals surface area (Å²) < 4.78 is 0. The molecule has 1 aliphatic carbocycles. The van der Waals surface area contributed by atoms with Crippen LogP contribution in [0.5, 0.6) is 0 Å². The fourth-order valence-corrected chi connectivity index (χ4v) is 2.66. The van der Waals surface area contributed by atoms with Crippen molar-refractivity contribution in [3.63, 3.8) is 0 Å². The van der Waals surface area contributed by atoms with Crippen LogP contribution in [0, 0.1) is 10.1 Å². The van der Waals surface area contributed by atoms with Crippen LogP contribution in [0.15, 0.2) is 18.2 Å². The standard InChI is InChI=1S/C15H19N3O3/c19-15(17-8-2-1-3-9-17)11-4-7-13(16-12-5-6-12)14(10-11)18(20)21/h4,7,10,12,16H,1-3,5-6,8-9H2. The van der Waals surface area contributed by atoms with Crippen molar-refractivity contribution in [3.05, 3.63) is 33.9 Å². The Morgan fingerprint density at radius 3 is 2.57 bits per heavy atom. The lowest BCUT2D eigenvalue weighted by Crippen LogP contribution is -2.35. The molecule has 0 unspecified atom stereocenters. The van der Waals surface area contributed by atoms with Crippen molar-refractivity contribution in [2.75, 3.05) is 18.4 Å². The fourth-order valence-electron chi connectivity index (χ4n) is 2.66. The van der Waals surface area contributed by atoms with Crippen LogP contribution in [0.2, 0.25) is 0 Å². The van der Waals surface area contributed by atoms with Crippen molar-refractivity contribution >= 4 is 17.3 Å². The average molecular weight is 289 g/mol. The lowest BCUT2D eigenvalue weighted by molar-refractivity contribution is -0.384. The summed E-state index contributed by atoms with van der Waals surface area (Å²) in [5, 5.41) is 14.4. The second-order valence-electron chi connectivity index (χ2n) is 5.76. The van der Waals surface area contributed by atoms with Crippen molar-refractivity contribution in [3.8, 4) is 0 Å². The molecule has 1 heterocycles. The molecule has 112 valence electrons. The maximum atomic E-state index is 12.4. The van der Waals surface area contributed by atoms with Gasteiger partial charge >= 0.3 is 0 Å². The number of piperidine rings is 1. The Kier molecular flexibility index (Phi) is 3.77. The van der Waals surface area contributed by atoms with Gasteiger partial charge in [-0.25, -0.2) is 0 Å². The number of nitrogens with one attached hydrogen (secondary N) is 1. The van der Waals surface area contributed by atoms with Gasteiger partial charge in [-0.3, -0.25) is 14.9 Å². The molecule has 1 saturated carbocycles. The molecule has 0 radical (unpaired) electrons. The number of nitro benzene ring substituents is 1. The highest BCUT2D eigenvalue weighted by atomic mass is 16.6. The van der Waals surface area contributed by atoms with E-state index < -0.39 is 4.92 Å². The second kappa shape index (κ2) is 5.71. The molecular formula is C15H19N3O3. The highest BCUT2D eigenvalue weighted by molar-refractivity contribution is 5.95. The molecule has 6 nitrogen and oxygen atoms in total. The van der Waals surface area contributed by atoms with E-state index in [1.807, 2.05) is 0 Å². The van der Waals surface area contributed by atoms with E-state index in [4.69, 9.17) is 0 Å². The van der Waals surface area contributed by atoms with E-state index in [9.17, 15) is 14.9 Å². The number of nitro groups is 1. The van der Waals surface area contributed by atoms with E-state index in [1.165, 1.54) is 6.07 Å². The van der Waals surface area contributed by atoms with Crippen LogP contribution in [0.25, 0.3) is 0 Å². The summed E-state index contributed by atoms with van der Waals surface area (Å²) in [6.07, 6.45) is 5.26. The Labute approximate surface area is 123 Å². The first-order valence-electron chi connectivity index (χ1n) is 7.49. The van der Waals surface area contributed by atoms with Crippen LogP contribution in [0.4, 0.5) is 11.4 Å². The summed E-state index contributed by atoms with van der Waals surface area (Å²) in [5.41, 5.74) is 0.910. The SMILES string of the molecule is O=C(c1ccc(NC2CC2)c([N+](=O)[O-])c1)N1CCCCC1. The van der Waals surface area contributed by atoms with Crippen molar-refractivity contribution < 1.29 is 9.72 Å². The molecule has 1 aliphatic heterocycles. The van der Waals surface area contributed by atoms with Gasteiger partial charge in [0.1, 0.15) is 5.69 Å². The van der Waals surface area contributed by atoms with Crippen molar-refractivity contribution in [1.82, 2.24) is 4.90 Å². The van der Waals surface area contributed by atoms with Crippen LogP contribution < -0.4 is 5.32 Å². The third-order valence-corrected chi connectivity index (χ3v) is 4.02. The smallest absolute Gasteiger partial charge is 0.293 e. The zero-order valence-corrected chi connectivity index (χ0v) is 11.9. The normalized spacial score (nSPS) is 18.4. The van der Waals surface area contributed by atoms with Crippen LogP contribution >= 0.6 is 0 Å². The first-order chi connectivity index (χ1) is 10.1. The van der Waals surface area contributed by atoms with E-state index in [-0.39, 0.29) is 11.6 Å². The van der Waals surface area contributed by atoms with Gasteiger partial charge in [0, 0.05) is 30.8 Å². The summed E-state index contributed by atoms with van der Waals surface area (Å²) in [7, 11) is 0. The molecule has 0 spiro atoms. The quantitative estimate of drug-likeness (QED) is 0.683. The van der Waals surface area contributed by atoms with Crippen LogP contribution in [0.3, 0.4) is 0 Å². The zero-order valence-electron chi connectivity index (χ0n) is 11.9. The van der Waals surface area contributed by atoms with Gasteiger partial charge in [-0.15, -0.1) is 0 Å². The average Bonchev–Trinajstić information content (AvgIpc) is 3.31. The molecule has 1 N–H and O–H groups in total. The molecule has 3 rings (SSSR count). The van der Waals surface area contributed by atoms with E-state index in [1.54, 1.807) is 17.0 Å². The lowest BCUT2D eigenvalue weighted by Gasteiger charge is -2.26. The number of anilines is 1. The predicted octanol–water partition coefficient (Wildman–Crippen LogP) is 2.80. The molecule has 1 aromatic rings. The maximum Gasteiger partial charge on any atom is 0.293 e. The Morgan fingerprint density at radius 1 is 1.24 bits per heavy atom. The minimum Gasteiger partial charge on any atom is -0.377 e. The number of rotatable bonds is 4. The number of hydrogen-bond acceptors (Lipinski definition) is 4. The highest BCUT2D eigenvalue weighted by Gasteiger charge is 2.26. The summed E-state index contributed by atoms with van der Waals surface area (Å²) in [4.78, 5) is 25.0. The zero-order chi connectivity index (χ0) is 14.8. The molecule has 6 heteroatoms. The molecule has 2 fully saturated rings. The summed E-state index contributed by atoms with van der Waals surface area (Å²) >= 11 is 0. The van der Waals surface area contributed by atoms with Gasteiger partial charge in [0.15, 0.2) is 0 Å². The molecule has 1 amide bonds. The van der Waals surface area contributed by atoms with Gasteiger partial charge in [-0.2, -0.15) is 0 Å². The van der Waals surface area contributed by atoms with Gasteiger partial charge in [-0.1, -0.05) is 0 Å². The lowest BCUT2D eigenvalue weighted by atomic mass is 10.1. The maximum absolute atomic E-state index is 12.4. The minimum atomic E-state index is -0.419. The third kappa shape index (κ3) is 3.15. The largest absolute Gasteiger partial charge is 0.377 e. The number of hydrogen-bond donors (Lipinski definition) is 1. The van der Waals surface area contributed by atoms with Crippen molar-refractivity contribution in [2.24, 2.45) is 0 Å². The van der Waals surface area contributed by atoms with E-state index in [0.717, 1.165) is 45.2 Å². The Bertz CT molecular complexity index is 563. The monoisotopic (exact) mass is 289 g/mol. The molecule has 0 atom stereocenters. The topological polar surface area (TPSA) is 75.5 Å². The van der Waals surface area contributed by atoms with Crippen molar-refractivity contribution in [2.45, 2.75) is 38.1 Å². The number of amides is 1.